The Morgan fingerprint density at radius 1 is 1.29 bits per heavy atom. The quantitative estimate of drug-likeness (QED) is 0.235. The van der Waals surface area contributed by atoms with E-state index >= 15 is 0 Å². The number of nitrogens with zero attached hydrogens (tertiary/aromatic N) is 3. The summed E-state index contributed by atoms with van der Waals surface area (Å²) in [6.45, 7) is 2.36. The largest absolute Gasteiger partial charge is 0.511 e. The van der Waals surface area contributed by atoms with Crippen molar-refractivity contribution < 1.29 is 26.0 Å². The monoisotopic (exact) mass is 577 g/mol. The summed E-state index contributed by atoms with van der Waals surface area (Å²) in [5.74, 6) is -0.122. The Hall–Kier alpha value is -1.66. The van der Waals surface area contributed by atoms with Gasteiger partial charge in [-0.25, -0.2) is 17.8 Å². The summed E-state index contributed by atoms with van der Waals surface area (Å²) in [5.41, 5.74) is -4.71. The molecule has 0 aliphatic carbocycles. The van der Waals surface area contributed by atoms with Crippen molar-refractivity contribution in [3.8, 4) is 6.07 Å². The Bertz CT molecular complexity index is 911. The van der Waals surface area contributed by atoms with Crippen LogP contribution in [-0.4, -0.2) is 50.4 Å². The maximum absolute atomic E-state index is 13.9. The van der Waals surface area contributed by atoms with Crippen LogP contribution in [0.25, 0.3) is 0 Å². The average Bonchev–Trinajstić information content (AvgIpc) is 2.70. The molecule has 0 spiro atoms. The summed E-state index contributed by atoms with van der Waals surface area (Å²) < 4.78 is 75.2. The van der Waals surface area contributed by atoms with E-state index in [1.165, 1.54) is 18.2 Å². The number of hydrogen-bond acceptors (Lipinski definition) is 4. The van der Waals surface area contributed by atoms with Gasteiger partial charge in [-0.3, -0.25) is 0 Å². The van der Waals surface area contributed by atoms with Crippen LogP contribution in [0.5, 0.6) is 0 Å². The van der Waals surface area contributed by atoms with E-state index in [1.54, 1.807) is 0 Å². The second kappa shape index (κ2) is 11.8. The number of rotatable bonds is 6. The Morgan fingerprint density at radius 2 is 1.94 bits per heavy atom. The number of sulfonamides is 1. The molecule has 0 aromatic heterocycles. The standard InChI is InChI=1S/C18H23F4N5O2S.HI/c1-2-24-17(26-12-15-9-14(10-23)3-4-16(15)19)25-11-13-5-7-27(8-6-13)30(28,29)18(20,21)22;/h3-4,9,13H,2,5-8,11-12H2,1H3,(H2,24,25,26);1H. The van der Waals surface area contributed by atoms with Crippen LogP contribution in [-0.2, 0) is 16.6 Å². The molecule has 1 fully saturated rings. The van der Waals surface area contributed by atoms with Gasteiger partial charge in [-0.15, -0.1) is 24.0 Å². The number of halogens is 5. The molecular formula is C18H24F4IN5O2S. The van der Waals surface area contributed by atoms with Crippen LogP contribution in [0.4, 0.5) is 17.6 Å². The molecule has 2 N–H and O–H groups in total. The van der Waals surface area contributed by atoms with E-state index < -0.39 is 21.3 Å². The zero-order valence-corrected chi connectivity index (χ0v) is 19.9. The summed E-state index contributed by atoms with van der Waals surface area (Å²) in [7, 11) is -5.29. The van der Waals surface area contributed by atoms with Gasteiger partial charge in [0.2, 0.25) is 0 Å². The lowest BCUT2D eigenvalue weighted by molar-refractivity contribution is -0.0496. The van der Waals surface area contributed by atoms with E-state index in [1.807, 2.05) is 13.0 Å². The van der Waals surface area contributed by atoms with Gasteiger partial charge >= 0.3 is 15.5 Å². The first kappa shape index (κ1) is 27.4. The van der Waals surface area contributed by atoms with Gasteiger partial charge in [0.25, 0.3) is 0 Å². The second-order valence-corrected chi connectivity index (χ2v) is 8.72. The molecular weight excluding hydrogens is 553 g/mol. The fourth-order valence-electron chi connectivity index (χ4n) is 3.01. The van der Waals surface area contributed by atoms with E-state index in [2.05, 4.69) is 15.6 Å². The van der Waals surface area contributed by atoms with Crippen molar-refractivity contribution >= 4 is 40.0 Å². The van der Waals surface area contributed by atoms with Crippen LogP contribution < -0.4 is 10.6 Å². The number of benzene rings is 1. The Balaban J connectivity index is 0.00000480. The van der Waals surface area contributed by atoms with Crippen LogP contribution >= 0.6 is 24.0 Å². The molecule has 0 radical (unpaired) electrons. The van der Waals surface area contributed by atoms with Crippen LogP contribution in [0, 0.1) is 23.1 Å². The van der Waals surface area contributed by atoms with Crippen molar-refractivity contribution in [1.29, 1.82) is 5.26 Å². The molecule has 1 heterocycles. The molecule has 7 nitrogen and oxygen atoms in total. The molecule has 0 unspecified atom stereocenters. The first-order valence-electron chi connectivity index (χ1n) is 9.35. The molecule has 13 heteroatoms. The predicted molar refractivity (Wildman–Crippen MR) is 119 cm³/mol. The van der Waals surface area contributed by atoms with Gasteiger partial charge in [-0.05, 0) is 43.9 Å². The number of guanidine groups is 1. The zero-order chi connectivity index (χ0) is 22.4. The summed E-state index contributed by atoms with van der Waals surface area (Å²) in [6, 6.07) is 5.92. The fraction of sp³-hybridized carbons (Fsp3) is 0.556. The minimum absolute atomic E-state index is 0. The maximum atomic E-state index is 13.9. The SMILES string of the molecule is CCNC(=NCc1cc(C#N)ccc1F)NCC1CCN(S(=O)(=O)C(F)(F)F)CC1.I. The van der Waals surface area contributed by atoms with Crippen LogP contribution in [0.15, 0.2) is 23.2 Å². The molecule has 0 atom stereocenters. The lowest BCUT2D eigenvalue weighted by Gasteiger charge is -2.31. The van der Waals surface area contributed by atoms with Crippen molar-refractivity contribution in [2.24, 2.45) is 10.9 Å². The highest BCUT2D eigenvalue weighted by molar-refractivity contribution is 14.0. The Kier molecular flexibility index (Phi) is 10.4. The summed E-state index contributed by atoms with van der Waals surface area (Å²) in [6.07, 6.45) is 0.557. The van der Waals surface area contributed by atoms with Crippen molar-refractivity contribution in [1.82, 2.24) is 14.9 Å². The number of hydrogen-bond donors (Lipinski definition) is 2. The van der Waals surface area contributed by atoms with E-state index in [-0.39, 0.29) is 67.9 Å². The normalized spacial score (nSPS) is 16.3. The molecule has 0 bridgehead atoms. The van der Waals surface area contributed by atoms with Crippen molar-refractivity contribution in [3.63, 3.8) is 0 Å². The Labute approximate surface area is 196 Å². The lowest BCUT2D eigenvalue weighted by Crippen LogP contribution is -2.47. The minimum atomic E-state index is -5.29. The van der Waals surface area contributed by atoms with Gasteiger partial charge in [0, 0.05) is 31.7 Å². The van der Waals surface area contributed by atoms with Crippen LogP contribution in [0.1, 0.15) is 30.9 Å². The molecule has 1 aromatic carbocycles. The highest BCUT2D eigenvalue weighted by atomic mass is 127. The third-order valence-electron chi connectivity index (χ3n) is 4.69. The van der Waals surface area contributed by atoms with Gasteiger partial charge < -0.3 is 10.6 Å². The molecule has 0 saturated carbocycles. The number of aliphatic imine (C=N–C) groups is 1. The third kappa shape index (κ3) is 7.46. The van der Waals surface area contributed by atoms with Crippen LogP contribution in [0.2, 0.25) is 0 Å². The zero-order valence-electron chi connectivity index (χ0n) is 16.7. The molecule has 0 amide bonds. The predicted octanol–water partition coefficient (Wildman–Crippen LogP) is 2.93. The van der Waals surface area contributed by atoms with Crippen molar-refractivity contribution in [2.45, 2.75) is 31.8 Å². The molecule has 2 rings (SSSR count). The minimum Gasteiger partial charge on any atom is -0.357 e. The maximum Gasteiger partial charge on any atom is 0.511 e. The average molecular weight is 577 g/mol. The molecule has 1 aliphatic rings. The molecule has 1 aromatic rings. The van der Waals surface area contributed by atoms with Gasteiger partial charge in [0.1, 0.15) is 5.82 Å². The highest BCUT2D eigenvalue weighted by Crippen LogP contribution is 2.30. The van der Waals surface area contributed by atoms with E-state index in [4.69, 9.17) is 5.26 Å². The summed E-state index contributed by atoms with van der Waals surface area (Å²) >= 11 is 0. The topological polar surface area (TPSA) is 97.6 Å². The van der Waals surface area contributed by atoms with Gasteiger partial charge in [0.15, 0.2) is 5.96 Å². The van der Waals surface area contributed by atoms with E-state index in [0.717, 1.165) is 0 Å². The fourth-order valence-corrected chi connectivity index (χ4v) is 4.00. The van der Waals surface area contributed by atoms with Gasteiger partial charge in [0.05, 0.1) is 18.2 Å². The van der Waals surface area contributed by atoms with Gasteiger partial charge in [-0.1, -0.05) is 0 Å². The Morgan fingerprint density at radius 3 is 2.48 bits per heavy atom. The third-order valence-corrected chi connectivity index (χ3v) is 6.32. The molecule has 174 valence electrons. The highest BCUT2D eigenvalue weighted by Gasteiger charge is 2.50. The molecule has 1 aliphatic heterocycles. The second-order valence-electron chi connectivity index (χ2n) is 6.79. The van der Waals surface area contributed by atoms with Crippen molar-refractivity contribution in [2.75, 3.05) is 26.2 Å². The lowest BCUT2D eigenvalue weighted by atomic mass is 9.98. The molecule has 1 saturated heterocycles. The van der Waals surface area contributed by atoms with Crippen molar-refractivity contribution in [3.05, 3.63) is 35.1 Å². The number of alkyl halides is 3. The first-order chi connectivity index (χ1) is 14.1. The van der Waals surface area contributed by atoms with E-state index in [9.17, 15) is 26.0 Å². The smallest absolute Gasteiger partial charge is 0.357 e. The number of piperidine rings is 1. The summed E-state index contributed by atoms with van der Waals surface area (Å²) in [4.78, 5) is 4.28. The number of nitrogens with one attached hydrogen (secondary N) is 2. The first-order valence-corrected chi connectivity index (χ1v) is 10.8. The summed E-state index contributed by atoms with van der Waals surface area (Å²) in [5, 5.41) is 15.0. The van der Waals surface area contributed by atoms with E-state index in [0.29, 0.717) is 28.9 Å². The number of nitriles is 1. The molecule has 31 heavy (non-hydrogen) atoms. The van der Waals surface area contributed by atoms with Crippen LogP contribution in [0.3, 0.4) is 0 Å². The van der Waals surface area contributed by atoms with Gasteiger partial charge in [-0.2, -0.15) is 22.7 Å².